The quantitative estimate of drug-likeness (QED) is 0.370. The predicted molar refractivity (Wildman–Crippen MR) is 118 cm³/mol. The van der Waals surface area contributed by atoms with Crippen LogP contribution in [0.25, 0.3) is 0 Å². The minimum Gasteiger partial charge on any atom is -0.497 e. The second kappa shape index (κ2) is 11.3. The number of pyridine rings is 1. The van der Waals surface area contributed by atoms with Crippen molar-refractivity contribution >= 4 is 5.69 Å². The van der Waals surface area contributed by atoms with E-state index in [0.29, 0.717) is 24.6 Å². The zero-order valence-corrected chi connectivity index (χ0v) is 18.6. The monoisotopic (exact) mass is 462 g/mol. The van der Waals surface area contributed by atoms with E-state index in [4.69, 9.17) is 18.9 Å². The third kappa shape index (κ3) is 6.44. The molecule has 176 valence electrons. The maximum Gasteiger partial charge on any atom is 0.272 e. The molecule has 3 aromatic rings. The third-order valence-electron chi connectivity index (χ3n) is 4.86. The summed E-state index contributed by atoms with van der Waals surface area (Å²) in [6, 6.07) is 16.2. The van der Waals surface area contributed by atoms with Crippen LogP contribution >= 0.6 is 0 Å². The molecule has 2 aromatic carbocycles. The number of halogens is 3. The molecule has 0 amide bonds. The summed E-state index contributed by atoms with van der Waals surface area (Å²) in [5, 5.41) is 0. The lowest BCUT2D eigenvalue weighted by molar-refractivity contribution is 0.0774. The third-order valence-corrected chi connectivity index (χ3v) is 4.86. The van der Waals surface area contributed by atoms with Gasteiger partial charge in [0.25, 0.3) is 12.3 Å². The Bertz CT molecular complexity index is 982. The lowest BCUT2D eigenvalue weighted by atomic mass is 10.1. The molecule has 0 spiro atoms. The normalized spacial score (nSPS) is 10.8. The van der Waals surface area contributed by atoms with E-state index >= 15 is 4.39 Å². The maximum absolute atomic E-state index is 15.1. The topological polar surface area (TPSA) is 53.1 Å². The first-order valence-corrected chi connectivity index (χ1v) is 10.1. The van der Waals surface area contributed by atoms with Crippen LogP contribution in [-0.2, 0) is 13.1 Å². The first kappa shape index (κ1) is 24.0. The standard InChI is InChI=1S/C24H25F3N2O4/c1-30-18-8-4-16(5-9-18)13-29(14-17-6-10-19(31-2)11-7-17)20-12-21(32-3)24(28-23(20)27)33-15-22(25)26/h4-12,22H,13-15H2,1-3H3. The van der Waals surface area contributed by atoms with E-state index in [2.05, 4.69) is 4.98 Å². The Morgan fingerprint density at radius 1 is 0.818 bits per heavy atom. The SMILES string of the molecule is COc1ccc(CN(Cc2ccc(OC)cc2)c2cc(OC)c(OCC(F)F)nc2F)cc1. The summed E-state index contributed by atoms with van der Waals surface area (Å²) < 4.78 is 60.7. The van der Waals surface area contributed by atoms with Gasteiger partial charge in [0.05, 0.1) is 27.0 Å². The van der Waals surface area contributed by atoms with Gasteiger partial charge in [0, 0.05) is 19.2 Å². The van der Waals surface area contributed by atoms with Crippen molar-refractivity contribution in [2.45, 2.75) is 19.5 Å². The molecule has 0 atom stereocenters. The second-order valence-electron chi connectivity index (χ2n) is 7.06. The molecule has 1 heterocycles. The van der Waals surface area contributed by atoms with Crippen molar-refractivity contribution in [2.24, 2.45) is 0 Å². The van der Waals surface area contributed by atoms with E-state index in [9.17, 15) is 8.78 Å². The molecule has 0 saturated heterocycles. The summed E-state index contributed by atoms with van der Waals surface area (Å²) in [6.45, 7) is -0.229. The average molecular weight is 462 g/mol. The summed E-state index contributed by atoms with van der Waals surface area (Å²) in [4.78, 5) is 5.52. The van der Waals surface area contributed by atoms with E-state index in [1.807, 2.05) is 48.5 Å². The van der Waals surface area contributed by atoms with Gasteiger partial charge in [0.2, 0.25) is 5.95 Å². The van der Waals surface area contributed by atoms with Crippen LogP contribution in [0.15, 0.2) is 54.6 Å². The van der Waals surface area contributed by atoms with Gasteiger partial charge < -0.3 is 23.8 Å². The summed E-state index contributed by atoms with van der Waals surface area (Å²) in [5.41, 5.74) is 1.95. The Morgan fingerprint density at radius 3 is 1.76 bits per heavy atom. The first-order chi connectivity index (χ1) is 15.9. The Balaban J connectivity index is 1.95. The molecule has 0 saturated carbocycles. The summed E-state index contributed by atoms with van der Waals surface area (Å²) in [6.07, 6.45) is -2.72. The molecule has 1 aromatic heterocycles. The molecule has 0 aliphatic rings. The Labute approximate surface area is 190 Å². The lowest BCUT2D eigenvalue weighted by Crippen LogP contribution is -2.24. The molecule has 33 heavy (non-hydrogen) atoms. The Morgan fingerprint density at radius 2 is 1.33 bits per heavy atom. The van der Waals surface area contributed by atoms with E-state index in [0.717, 1.165) is 11.1 Å². The molecule has 0 aliphatic heterocycles. The van der Waals surface area contributed by atoms with E-state index in [1.54, 1.807) is 19.1 Å². The number of methoxy groups -OCH3 is 3. The van der Waals surface area contributed by atoms with Crippen LogP contribution in [0.3, 0.4) is 0 Å². The molecule has 0 aliphatic carbocycles. The van der Waals surface area contributed by atoms with Crippen LogP contribution in [-0.4, -0.2) is 39.3 Å². The highest BCUT2D eigenvalue weighted by atomic mass is 19.3. The fraction of sp³-hybridized carbons (Fsp3) is 0.292. The molecule has 3 rings (SSSR count). The van der Waals surface area contributed by atoms with Crippen LogP contribution in [0, 0.1) is 5.95 Å². The molecule has 0 N–H and O–H groups in total. The average Bonchev–Trinajstić information content (AvgIpc) is 2.83. The number of rotatable bonds is 11. The van der Waals surface area contributed by atoms with E-state index in [1.165, 1.54) is 13.2 Å². The predicted octanol–water partition coefficient (Wildman–Crippen LogP) is 5.10. The van der Waals surface area contributed by atoms with Crippen molar-refractivity contribution in [1.29, 1.82) is 0 Å². The van der Waals surface area contributed by atoms with Gasteiger partial charge in [0.15, 0.2) is 12.4 Å². The van der Waals surface area contributed by atoms with Gasteiger partial charge in [-0.3, -0.25) is 0 Å². The Kier molecular flexibility index (Phi) is 8.23. The van der Waals surface area contributed by atoms with Crippen molar-refractivity contribution in [2.75, 3.05) is 32.8 Å². The van der Waals surface area contributed by atoms with E-state index in [-0.39, 0.29) is 17.3 Å². The smallest absolute Gasteiger partial charge is 0.272 e. The van der Waals surface area contributed by atoms with Crippen LogP contribution in [0.4, 0.5) is 18.9 Å². The molecular weight excluding hydrogens is 437 g/mol. The minimum absolute atomic E-state index is 0.0570. The number of alkyl halides is 2. The molecule has 0 radical (unpaired) electrons. The Hall–Kier alpha value is -3.62. The van der Waals surface area contributed by atoms with Crippen LogP contribution in [0.2, 0.25) is 0 Å². The van der Waals surface area contributed by atoms with Crippen molar-refractivity contribution < 1.29 is 32.1 Å². The van der Waals surface area contributed by atoms with Gasteiger partial charge in [-0.1, -0.05) is 24.3 Å². The number of benzene rings is 2. The number of nitrogens with zero attached hydrogens (tertiary/aromatic N) is 2. The van der Waals surface area contributed by atoms with E-state index < -0.39 is 19.0 Å². The van der Waals surface area contributed by atoms with Gasteiger partial charge >= 0.3 is 0 Å². The molecular formula is C24H25F3N2O4. The molecule has 6 nitrogen and oxygen atoms in total. The van der Waals surface area contributed by atoms with Crippen molar-refractivity contribution in [3.8, 4) is 23.1 Å². The number of aromatic nitrogens is 1. The fourth-order valence-corrected chi connectivity index (χ4v) is 3.19. The molecule has 0 bridgehead atoms. The van der Waals surface area contributed by atoms with Gasteiger partial charge in [0.1, 0.15) is 11.5 Å². The zero-order valence-electron chi connectivity index (χ0n) is 18.6. The zero-order chi connectivity index (χ0) is 23.8. The molecule has 9 heteroatoms. The van der Waals surface area contributed by atoms with Crippen molar-refractivity contribution in [3.63, 3.8) is 0 Å². The van der Waals surface area contributed by atoms with Crippen molar-refractivity contribution in [3.05, 3.63) is 71.7 Å². The highest BCUT2D eigenvalue weighted by Crippen LogP contribution is 2.33. The lowest BCUT2D eigenvalue weighted by Gasteiger charge is -2.26. The van der Waals surface area contributed by atoms with Crippen LogP contribution in [0.5, 0.6) is 23.1 Å². The highest BCUT2D eigenvalue weighted by Gasteiger charge is 2.20. The van der Waals surface area contributed by atoms with Gasteiger partial charge in [-0.05, 0) is 35.4 Å². The van der Waals surface area contributed by atoms with Gasteiger partial charge in [-0.2, -0.15) is 9.37 Å². The highest BCUT2D eigenvalue weighted by molar-refractivity contribution is 5.54. The number of anilines is 1. The number of hydrogen-bond acceptors (Lipinski definition) is 6. The second-order valence-corrected chi connectivity index (χ2v) is 7.06. The minimum atomic E-state index is -2.72. The fourth-order valence-electron chi connectivity index (χ4n) is 3.19. The first-order valence-electron chi connectivity index (χ1n) is 10.1. The van der Waals surface area contributed by atoms with Gasteiger partial charge in [-0.15, -0.1) is 0 Å². The maximum atomic E-state index is 15.1. The summed E-state index contributed by atoms with van der Waals surface area (Å²) in [5.74, 6) is 0.280. The molecule has 0 fully saturated rings. The van der Waals surface area contributed by atoms with Gasteiger partial charge in [-0.25, -0.2) is 8.78 Å². The summed E-state index contributed by atoms with van der Waals surface area (Å²) >= 11 is 0. The largest absolute Gasteiger partial charge is 0.497 e. The number of ether oxygens (including phenoxy) is 4. The van der Waals surface area contributed by atoms with Crippen LogP contribution < -0.4 is 23.8 Å². The molecule has 0 unspecified atom stereocenters. The van der Waals surface area contributed by atoms with Crippen LogP contribution in [0.1, 0.15) is 11.1 Å². The number of hydrogen-bond donors (Lipinski definition) is 0. The summed E-state index contributed by atoms with van der Waals surface area (Å²) in [7, 11) is 4.50. The van der Waals surface area contributed by atoms with Crippen molar-refractivity contribution in [1.82, 2.24) is 4.98 Å².